The third-order valence-electron chi connectivity index (χ3n) is 3.63. The number of rotatable bonds is 1. The molecule has 0 aliphatic heterocycles. The number of carbonyl (C=O) groups excluding carboxylic acids is 1. The van der Waals surface area contributed by atoms with Crippen LogP contribution in [0.5, 0.6) is 5.75 Å². The Labute approximate surface area is 82.6 Å². The maximum atomic E-state index is 10.7. The summed E-state index contributed by atoms with van der Waals surface area (Å²) < 4.78 is 0. The second-order valence-corrected chi connectivity index (χ2v) is 4.37. The summed E-state index contributed by atoms with van der Waals surface area (Å²) in [5, 5.41) is 9.81. The summed E-state index contributed by atoms with van der Waals surface area (Å²) in [6.45, 7) is 0. The molecule has 0 spiro atoms. The molecule has 2 aliphatic carbocycles. The average molecular weight is 188 g/mol. The van der Waals surface area contributed by atoms with Gasteiger partial charge in [-0.25, -0.2) is 0 Å². The van der Waals surface area contributed by atoms with E-state index >= 15 is 0 Å². The van der Waals surface area contributed by atoms with E-state index in [0.29, 0.717) is 23.1 Å². The molecule has 0 saturated heterocycles. The van der Waals surface area contributed by atoms with Crippen molar-refractivity contribution < 1.29 is 9.90 Å². The fourth-order valence-corrected chi connectivity index (χ4v) is 3.06. The monoisotopic (exact) mass is 188 g/mol. The lowest BCUT2D eigenvalue weighted by Gasteiger charge is -2.16. The lowest BCUT2D eigenvalue weighted by Crippen LogP contribution is -1.99. The lowest BCUT2D eigenvalue weighted by atomic mass is 9.90. The molecule has 1 aromatic carbocycles. The second kappa shape index (κ2) is 2.59. The summed E-state index contributed by atoms with van der Waals surface area (Å²) in [5.74, 6) is 1.48. The van der Waals surface area contributed by atoms with Crippen molar-refractivity contribution in [2.45, 2.75) is 31.1 Å². The maximum absolute atomic E-state index is 10.7. The van der Waals surface area contributed by atoms with Crippen LogP contribution in [0.1, 0.15) is 52.6 Å². The van der Waals surface area contributed by atoms with E-state index in [2.05, 4.69) is 0 Å². The predicted octanol–water partition coefficient (Wildman–Crippen LogP) is 2.57. The summed E-state index contributed by atoms with van der Waals surface area (Å²) in [6, 6.07) is 3.54. The lowest BCUT2D eigenvalue weighted by molar-refractivity contribution is 0.112. The number of phenols is 1. The summed E-state index contributed by atoms with van der Waals surface area (Å²) in [4.78, 5) is 10.7. The molecule has 2 unspecified atom stereocenters. The van der Waals surface area contributed by atoms with Gasteiger partial charge < -0.3 is 5.11 Å². The van der Waals surface area contributed by atoms with Gasteiger partial charge in [-0.3, -0.25) is 4.79 Å². The predicted molar refractivity (Wildman–Crippen MR) is 52.8 cm³/mol. The van der Waals surface area contributed by atoms with Gasteiger partial charge in [0.25, 0.3) is 0 Å². The molecule has 2 heteroatoms. The third-order valence-corrected chi connectivity index (χ3v) is 3.63. The van der Waals surface area contributed by atoms with E-state index in [1.807, 2.05) is 6.07 Å². The van der Waals surface area contributed by atoms with E-state index in [4.69, 9.17) is 0 Å². The summed E-state index contributed by atoms with van der Waals surface area (Å²) in [6.07, 6.45) is 4.41. The highest BCUT2D eigenvalue weighted by molar-refractivity contribution is 5.77. The van der Waals surface area contributed by atoms with Gasteiger partial charge in [-0.05, 0) is 48.8 Å². The number of aldehydes is 1. The van der Waals surface area contributed by atoms with E-state index in [9.17, 15) is 9.90 Å². The van der Waals surface area contributed by atoms with E-state index < -0.39 is 0 Å². The van der Waals surface area contributed by atoms with Crippen LogP contribution < -0.4 is 0 Å². The van der Waals surface area contributed by atoms with Gasteiger partial charge in [0.2, 0.25) is 0 Å². The molecule has 1 fully saturated rings. The Morgan fingerprint density at radius 1 is 1.29 bits per heavy atom. The minimum Gasteiger partial charge on any atom is -0.508 e. The SMILES string of the molecule is O=Cc1cc(O)c2c(c1)C1CCC2C1. The van der Waals surface area contributed by atoms with Gasteiger partial charge in [0.15, 0.2) is 0 Å². The Hall–Kier alpha value is -1.31. The van der Waals surface area contributed by atoms with Crippen LogP contribution in [0.3, 0.4) is 0 Å². The minimum absolute atomic E-state index is 0.330. The molecule has 0 heterocycles. The first-order valence-corrected chi connectivity index (χ1v) is 5.11. The average Bonchev–Trinajstić information content (AvgIpc) is 2.77. The van der Waals surface area contributed by atoms with Crippen molar-refractivity contribution in [1.29, 1.82) is 0 Å². The highest BCUT2D eigenvalue weighted by Crippen LogP contribution is 2.55. The van der Waals surface area contributed by atoms with Gasteiger partial charge in [0.1, 0.15) is 12.0 Å². The topological polar surface area (TPSA) is 37.3 Å². The van der Waals surface area contributed by atoms with Crippen molar-refractivity contribution in [2.24, 2.45) is 0 Å². The number of aromatic hydroxyl groups is 1. The van der Waals surface area contributed by atoms with Crippen LogP contribution in [-0.4, -0.2) is 11.4 Å². The molecule has 2 atom stereocenters. The maximum Gasteiger partial charge on any atom is 0.150 e. The first-order chi connectivity index (χ1) is 6.79. The zero-order chi connectivity index (χ0) is 9.71. The molecule has 1 saturated carbocycles. The first kappa shape index (κ1) is 8.04. The molecule has 0 radical (unpaired) electrons. The molecule has 0 aromatic heterocycles. The molecule has 72 valence electrons. The van der Waals surface area contributed by atoms with Gasteiger partial charge in [0, 0.05) is 11.1 Å². The zero-order valence-corrected chi connectivity index (χ0v) is 7.86. The van der Waals surface area contributed by atoms with Crippen LogP contribution in [0.15, 0.2) is 12.1 Å². The van der Waals surface area contributed by atoms with Crippen molar-refractivity contribution >= 4 is 6.29 Å². The Morgan fingerprint density at radius 3 is 2.86 bits per heavy atom. The quantitative estimate of drug-likeness (QED) is 0.688. The van der Waals surface area contributed by atoms with Gasteiger partial charge in [-0.15, -0.1) is 0 Å². The molecule has 1 N–H and O–H groups in total. The van der Waals surface area contributed by atoms with Crippen molar-refractivity contribution in [1.82, 2.24) is 0 Å². The van der Waals surface area contributed by atoms with E-state index in [1.54, 1.807) is 6.07 Å². The molecule has 1 aromatic rings. The van der Waals surface area contributed by atoms with Crippen LogP contribution in [-0.2, 0) is 0 Å². The Kier molecular flexibility index (Phi) is 1.49. The number of carbonyl (C=O) groups is 1. The Bertz CT molecular complexity index is 409. The van der Waals surface area contributed by atoms with Crippen LogP contribution >= 0.6 is 0 Å². The van der Waals surface area contributed by atoms with Crippen LogP contribution in [0.4, 0.5) is 0 Å². The van der Waals surface area contributed by atoms with Gasteiger partial charge in [-0.1, -0.05) is 0 Å². The molecule has 3 rings (SSSR count). The van der Waals surface area contributed by atoms with Gasteiger partial charge >= 0.3 is 0 Å². The van der Waals surface area contributed by atoms with Crippen molar-refractivity contribution in [3.8, 4) is 5.75 Å². The van der Waals surface area contributed by atoms with Crippen molar-refractivity contribution in [2.75, 3.05) is 0 Å². The Balaban J connectivity index is 2.23. The molecule has 2 nitrogen and oxygen atoms in total. The fraction of sp³-hybridized carbons (Fsp3) is 0.417. The van der Waals surface area contributed by atoms with Crippen LogP contribution in [0, 0.1) is 0 Å². The van der Waals surface area contributed by atoms with E-state index in [0.717, 1.165) is 11.8 Å². The van der Waals surface area contributed by atoms with Gasteiger partial charge in [0.05, 0.1) is 0 Å². The van der Waals surface area contributed by atoms with E-state index in [-0.39, 0.29) is 0 Å². The fourth-order valence-electron chi connectivity index (χ4n) is 3.06. The first-order valence-electron chi connectivity index (χ1n) is 5.11. The number of phenolic OH excluding ortho intramolecular Hbond substituents is 1. The van der Waals surface area contributed by atoms with Crippen molar-refractivity contribution in [3.63, 3.8) is 0 Å². The number of hydrogen-bond acceptors (Lipinski definition) is 2. The highest BCUT2D eigenvalue weighted by atomic mass is 16.3. The smallest absolute Gasteiger partial charge is 0.150 e. The van der Waals surface area contributed by atoms with Crippen LogP contribution in [0.2, 0.25) is 0 Å². The molecular formula is C12H12O2. The number of benzene rings is 1. The molecular weight excluding hydrogens is 176 g/mol. The molecule has 2 bridgehead atoms. The Morgan fingerprint density at radius 2 is 2.07 bits per heavy atom. The standard InChI is InChI=1S/C12H12O2/c13-6-7-3-10-8-1-2-9(5-8)12(10)11(14)4-7/h3-4,6,8-9,14H,1-2,5H2. The normalized spacial score (nSPS) is 27.7. The highest BCUT2D eigenvalue weighted by Gasteiger charge is 2.38. The third kappa shape index (κ3) is 0.884. The number of fused-ring (bicyclic) bond motifs is 5. The minimum atomic E-state index is 0.330. The molecule has 14 heavy (non-hydrogen) atoms. The van der Waals surface area contributed by atoms with Crippen molar-refractivity contribution in [3.05, 3.63) is 28.8 Å². The van der Waals surface area contributed by atoms with Crippen LogP contribution in [0.25, 0.3) is 0 Å². The molecule has 0 amide bonds. The molecule has 2 aliphatic rings. The van der Waals surface area contributed by atoms with Gasteiger partial charge in [-0.2, -0.15) is 0 Å². The zero-order valence-electron chi connectivity index (χ0n) is 7.86. The summed E-state index contributed by atoms with van der Waals surface area (Å²) >= 11 is 0. The van der Waals surface area contributed by atoms with E-state index in [1.165, 1.54) is 24.8 Å². The second-order valence-electron chi connectivity index (χ2n) is 4.37. The number of hydrogen-bond donors (Lipinski definition) is 1. The summed E-state index contributed by atoms with van der Waals surface area (Å²) in [5.41, 5.74) is 2.95. The summed E-state index contributed by atoms with van der Waals surface area (Å²) in [7, 11) is 0. The largest absolute Gasteiger partial charge is 0.508 e.